The molecular weight excluding hydrogens is 392 g/mol. The van der Waals surface area contributed by atoms with Crippen molar-refractivity contribution in [3.63, 3.8) is 0 Å². The van der Waals surface area contributed by atoms with Crippen LogP contribution in [0.25, 0.3) is 11.4 Å². The zero-order valence-electron chi connectivity index (χ0n) is 16.6. The van der Waals surface area contributed by atoms with Gasteiger partial charge in [-0.15, -0.1) is 0 Å². The average Bonchev–Trinajstić information content (AvgIpc) is 3.10. The lowest BCUT2D eigenvalue weighted by atomic mass is 10.1. The van der Waals surface area contributed by atoms with E-state index in [1.54, 1.807) is 32.2 Å². The first-order chi connectivity index (χ1) is 13.6. The second kappa shape index (κ2) is 8.04. The molecule has 1 aromatic heterocycles. The van der Waals surface area contributed by atoms with Gasteiger partial charge in [0.05, 0.1) is 18.5 Å². The number of hydrogen-bond donors (Lipinski definition) is 1. The van der Waals surface area contributed by atoms with Crippen LogP contribution in [-0.2, 0) is 16.6 Å². The van der Waals surface area contributed by atoms with Gasteiger partial charge in [0.2, 0.25) is 21.7 Å². The van der Waals surface area contributed by atoms with Crippen molar-refractivity contribution in [2.45, 2.75) is 20.4 Å². The number of nitrogens with zero attached hydrogens (tertiary/aromatic N) is 3. The third-order valence-electron chi connectivity index (χ3n) is 4.32. The van der Waals surface area contributed by atoms with Gasteiger partial charge in [-0.05, 0) is 37.6 Å². The first kappa shape index (κ1) is 20.5. The number of hydrogen-bond acceptors (Lipinski definition) is 6. The predicted molar refractivity (Wildman–Crippen MR) is 110 cm³/mol. The van der Waals surface area contributed by atoms with Crippen molar-refractivity contribution in [2.24, 2.45) is 0 Å². The fraction of sp³-hybridized carbons (Fsp3) is 0.250. The summed E-state index contributed by atoms with van der Waals surface area (Å²) in [6.07, 6.45) is 1.06. The van der Waals surface area contributed by atoms with Gasteiger partial charge in [-0.3, -0.25) is 9.52 Å². The number of carbonyl (C=O) groups is 1. The Kier molecular flexibility index (Phi) is 5.69. The minimum absolute atomic E-state index is 0.126. The van der Waals surface area contributed by atoms with E-state index in [4.69, 9.17) is 4.52 Å². The fourth-order valence-corrected chi connectivity index (χ4v) is 3.50. The lowest BCUT2D eigenvalue weighted by Gasteiger charge is -2.18. The SMILES string of the molecule is Cc1cccc(-c2noc(CN(C)C(=O)c3cccc(NS(C)(=O)=O)c3C)n2)c1. The molecule has 2 aromatic carbocycles. The molecule has 0 aliphatic rings. The van der Waals surface area contributed by atoms with Crippen LogP contribution < -0.4 is 4.72 Å². The molecule has 29 heavy (non-hydrogen) atoms. The molecule has 0 fully saturated rings. The number of aromatic nitrogens is 2. The molecule has 0 atom stereocenters. The van der Waals surface area contributed by atoms with Gasteiger partial charge in [-0.2, -0.15) is 4.98 Å². The van der Waals surface area contributed by atoms with Crippen LogP contribution in [0.2, 0.25) is 0 Å². The normalized spacial score (nSPS) is 11.3. The standard InChI is InChI=1S/C20H22N4O4S/c1-13-7-5-8-15(11-13)19-21-18(28-22-19)12-24(3)20(25)16-9-6-10-17(14(16)2)23-29(4,26)27/h5-11,23H,12H2,1-4H3. The first-order valence-corrected chi connectivity index (χ1v) is 10.8. The first-order valence-electron chi connectivity index (χ1n) is 8.86. The summed E-state index contributed by atoms with van der Waals surface area (Å²) in [5.41, 5.74) is 3.22. The summed E-state index contributed by atoms with van der Waals surface area (Å²) in [6.45, 7) is 3.80. The molecule has 0 spiro atoms. The third-order valence-corrected chi connectivity index (χ3v) is 4.91. The minimum atomic E-state index is -3.45. The number of rotatable bonds is 6. The molecular formula is C20H22N4O4S. The lowest BCUT2D eigenvalue weighted by molar-refractivity contribution is 0.0769. The smallest absolute Gasteiger partial charge is 0.254 e. The number of sulfonamides is 1. The van der Waals surface area contributed by atoms with E-state index in [1.165, 1.54) is 4.90 Å². The van der Waals surface area contributed by atoms with Crippen molar-refractivity contribution >= 4 is 21.6 Å². The molecule has 1 N–H and O–H groups in total. The van der Waals surface area contributed by atoms with E-state index in [9.17, 15) is 13.2 Å². The maximum Gasteiger partial charge on any atom is 0.254 e. The molecule has 3 rings (SSSR count). The lowest BCUT2D eigenvalue weighted by Crippen LogP contribution is -2.27. The molecule has 0 radical (unpaired) electrons. The molecule has 0 saturated carbocycles. The van der Waals surface area contributed by atoms with Crippen LogP contribution in [0.1, 0.15) is 27.4 Å². The average molecular weight is 414 g/mol. The molecule has 152 valence electrons. The maximum atomic E-state index is 12.9. The highest BCUT2D eigenvalue weighted by molar-refractivity contribution is 7.92. The Hall–Kier alpha value is -3.20. The summed E-state index contributed by atoms with van der Waals surface area (Å²) in [6, 6.07) is 12.6. The fourth-order valence-electron chi connectivity index (χ4n) is 2.88. The number of benzene rings is 2. The zero-order valence-corrected chi connectivity index (χ0v) is 17.4. The number of nitrogens with one attached hydrogen (secondary N) is 1. The molecule has 8 nitrogen and oxygen atoms in total. The van der Waals surface area contributed by atoms with Crippen LogP contribution in [0.3, 0.4) is 0 Å². The van der Waals surface area contributed by atoms with Gasteiger partial charge in [-0.25, -0.2) is 8.42 Å². The Morgan fingerprint density at radius 3 is 2.59 bits per heavy atom. The van der Waals surface area contributed by atoms with Crippen LogP contribution in [0.15, 0.2) is 47.0 Å². The second-order valence-electron chi connectivity index (χ2n) is 6.89. The van der Waals surface area contributed by atoms with Crippen molar-refractivity contribution in [1.29, 1.82) is 0 Å². The van der Waals surface area contributed by atoms with Gasteiger partial charge in [0.1, 0.15) is 0 Å². The Morgan fingerprint density at radius 1 is 1.17 bits per heavy atom. The van der Waals surface area contributed by atoms with Gasteiger partial charge in [-0.1, -0.05) is 35.0 Å². The number of aryl methyl sites for hydroxylation is 1. The van der Waals surface area contributed by atoms with Gasteiger partial charge >= 0.3 is 0 Å². The topological polar surface area (TPSA) is 105 Å². The van der Waals surface area contributed by atoms with E-state index in [1.807, 2.05) is 31.2 Å². The van der Waals surface area contributed by atoms with E-state index < -0.39 is 10.0 Å². The van der Waals surface area contributed by atoms with Crippen LogP contribution in [0, 0.1) is 13.8 Å². The Morgan fingerprint density at radius 2 is 1.90 bits per heavy atom. The number of amides is 1. The molecule has 1 heterocycles. The van der Waals surface area contributed by atoms with E-state index in [-0.39, 0.29) is 12.5 Å². The van der Waals surface area contributed by atoms with Crippen molar-refractivity contribution in [3.05, 3.63) is 65.0 Å². The Labute approximate surface area is 169 Å². The minimum Gasteiger partial charge on any atom is -0.337 e. The summed E-state index contributed by atoms with van der Waals surface area (Å²) < 4.78 is 30.7. The van der Waals surface area contributed by atoms with Crippen LogP contribution in [0.5, 0.6) is 0 Å². The molecule has 0 aliphatic heterocycles. The number of anilines is 1. The van der Waals surface area contributed by atoms with Gasteiger partial charge in [0.15, 0.2) is 0 Å². The maximum absolute atomic E-state index is 12.9. The summed E-state index contributed by atoms with van der Waals surface area (Å²) in [5, 5.41) is 3.98. The zero-order chi connectivity index (χ0) is 21.2. The van der Waals surface area contributed by atoms with Crippen molar-refractivity contribution in [3.8, 4) is 11.4 Å². The van der Waals surface area contributed by atoms with E-state index in [0.29, 0.717) is 28.5 Å². The quantitative estimate of drug-likeness (QED) is 0.665. The van der Waals surface area contributed by atoms with Crippen LogP contribution in [-0.4, -0.2) is 42.7 Å². The van der Waals surface area contributed by atoms with Crippen LogP contribution >= 0.6 is 0 Å². The molecule has 0 unspecified atom stereocenters. The van der Waals surface area contributed by atoms with Crippen molar-refractivity contribution < 1.29 is 17.7 Å². The summed E-state index contributed by atoms with van der Waals surface area (Å²) in [5.74, 6) is 0.482. The highest BCUT2D eigenvalue weighted by atomic mass is 32.2. The predicted octanol–water partition coefficient (Wildman–Crippen LogP) is 3.00. The Bertz CT molecular complexity index is 1150. The van der Waals surface area contributed by atoms with Gasteiger partial charge in [0.25, 0.3) is 5.91 Å². The number of carbonyl (C=O) groups excluding carboxylic acids is 1. The molecule has 1 amide bonds. The molecule has 9 heteroatoms. The monoisotopic (exact) mass is 414 g/mol. The molecule has 3 aromatic rings. The highest BCUT2D eigenvalue weighted by Gasteiger charge is 2.19. The van der Waals surface area contributed by atoms with Crippen molar-refractivity contribution in [1.82, 2.24) is 15.0 Å². The Balaban J connectivity index is 1.77. The summed E-state index contributed by atoms with van der Waals surface area (Å²) in [4.78, 5) is 18.7. The molecule has 0 saturated heterocycles. The largest absolute Gasteiger partial charge is 0.337 e. The molecule has 0 aliphatic carbocycles. The van der Waals surface area contributed by atoms with Gasteiger partial charge < -0.3 is 9.42 Å². The molecule has 0 bridgehead atoms. The highest BCUT2D eigenvalue weighted by Crippen LogP contribution is 2.22. The summed E-state index contributed by atoms with van der Waals surface area (Å²) in [7, 11) is -1.83. The third kappa shape index (κ3) is 5.00. The van der Waals surface area contributed by atoms with Crippen molar-refractivity contribution in [2.75, 3.05) is 18.0 Å². The van der Waals surface area contributed by atoms with E-state index >= 15 is 0 Å². The van der Waals surface area contributed by atoms with Gasteiger partial charge in [0, 0.05) is 18.2 Å². The summed E-state index contributed by atoms with van der Waals surface area (Å²) >= 11 is 0. The van der Waals surface area contributed by atoms with E-state index in [2.05, 4.69) is 14.9 Å². The van der Waals surface area contributed by atoms with Crippen LogP contribution in [0.4, 0.5) is 5.69 Å². The van der Waals surface area contributed by atoms with E-state index in [0.717, 1.165) is 17.4 Å². The second-order valence-corrected chi connectivity index (χ2v) is 8.64.